The number of para-hydroxylation sites is 1. The molecule has 2 heterocycles. The van der Waals surface area contributed by atoms with Crippen molar-refractivity contribution in [3.05, 3.63) is 54.6 Å². The van der Waals surface area contributed by atoms with Gasteiger partial charge >= 0.3 is 0 Å². The summed E-state index contributed by atoms with van der Waals surface area (Å²) in [6, 6.07) is 18.0. The maximum atomic E-state index is 10.2. The molecule has 5 nitrogen and oxygen atoms in total. The lowest BCUT2D eigenvalue weighted by molar-refractivity contribution is 0.228. The number of aliphatic hydroxyl groups is 1. The predicted molar refractivity (Wildman–Crippen MR) is 104 cm³/mol. The Labute approximate surface area is 152 Å². The minimum Gasteiger partial charge on any atom is -0.507 e. The Morgan fingerprint density at radius 1 is 1.04 bits per heavy atom. The Kier molecular flexibility index (Phi) is 4.73. The van der Waals surface area contributed by atoms with E-state index in [1.165, 1.54) is 0 Å². The summed E-state index contributed by atoms with van der Waals surface area (Å²) in [5.41, 5.74) is 1.53. The van der Waals surface area contributed by atoms with Crippen molar-refractivity contribution in [2.24, 2.45) is 0 Å². The van der Waals surface area contributed by atoms with E-state index in [4.69, 9.17) is 10.1 Å². The SMILES string of the molecule is OCNC1CCN(c2nc(-c3ccccc3O)cc3ccccc23)CC1. The Morgan fingerprint density at radius 3 is 2.54 bits per heavy atom. The van der Waals surface area contributed by atoms with Gasteiger partial charge in [-0.15, -0.1) is 0 Å². The molecule has 0 saturated carbocycles. The summed E-state index contributed by atoms with van der Waals surface area (Å²) in [5, 5.41) is 24.7. The molecule has 4 rings (SSSR count). The van der Waals surface area contributed by atoms with Crippen LogP contribution in [-0.2, 0) is 0 Å². The maximum Gasteiger partial charge on any atom is 0.137 e. The Bertz CT molecular complexity index is 905. The maximum absolute atomic E-state index is 10.2. The molecule has 1 saturated heterocycles. The third-order valence-corrected chi connectivity index (χ3v) is 5.07. The van der Waals surface area contributed by atoms with Crippen LogP contribution in [0.1, 0.15) is 12.8 Å². The highest BCUT2D eigenvalue weighted by atomic mass is 16.3. The number of nitrogens with zero attached hydrogens (tertiary/aromatic N) is 2. The number of benzene rings is 2. The predicted octanol–water partition coefficient (Wildman–Crippen LogP) is 3.12. The number of rotatable bonds is 4. The summed E-state index contributed by atoms with van der Waals surface area (Å²) in [4.78, 5) is 7.23. The number of fused-ring (bicyclic) bond motifs is 1. The number of piperidine rings is 1. The molecule has 1 fully saturated rings. The molecule has 5 heteroatoms. The van der Waals surface area contributed by atoms with Crippen LogP contribution in [0.4, 0.5) is 5.82 Å². The number of hydrogen-bond donors (Lipinski definition) is 3. The molecule has 0 spiro atoms. The normalized spacial score (nSPS) is 15.5. The van der Waals surface area contributed by atoms with E-state index >= 15 is 0 Å². The van der Waals surface area contributed by atoms with Crippen molar-refractivity contribution in [3.8, 4) is 17.0 Å². The van der Waals surface area contributed by atoms with Crippen LogP contribution in [0.5, 0.6) is 5.75 Å². The van der Waals surface area contributed by atoms with Crippen LogP contribution in [0.15, 0.2) is 54.6 Å². The highest BCUT2D eigenvalue weighted by molar-refractivity contribution is 5.95. The van der Waals surface area contributed by atoms with Crippen molar-refractivity contribution in [3.63, 3.8) is 0 Å². The lowest BCUT2D eigenvalue weighted by atomic mass is 10.0. The zero-order valence-corrected chi connectivity index (χ0v) is 14.6. The van der Waals surface area contributed by atoms with Crippen molar-refractivity contribution >= 4 is 16.6 Å². The molecule has 0 amide bonds. The molecule has 0 unspecified atom stereocenters. The summed E-state index contributed by atoms with van der Waals surface area (Å²) >= 11 is 0. The molecule has 0 radical (unpaired) electrons. The molecule has 1 aliphatic heterocycles. The first-order chi connectivity index (χ1) is 12.8. The highest BCUT2D eigenvalue weighted by Crippen LogP contribution is 2.34. The zero-order chi connectivity index (χ0) is 17.9. The Morgan fingerprint density at radius 2 is 1.77 bits per heavy atom. The van der Waals surface area contributed by atoms with E-state index < -0.39 is 0 Å². The number of anilines is 1. The largest absolute Gasteiger partial charge is 0.507 e. The zero-order valence-electron chi connectivity index (χ0n) is 14.6. The molecule has 0 bridgehead atoms. The van der Waals surface area contributed by atoms with E-state index in [9.17, 15) is 5.11 Å². The number of aromatic nitrogens is 1. The molecular weight excluding hydrogens is 326 g/mol. The van der Waals surface area contributed by atoms with Gasteiger partial charge in [0, 0.05) is 30.1 Å². The number of pyridine rings is 1. The Hall–Kier alpha value is -2.63. The fourth-order valence-electron chi connectivity index (χ4n) is 3.67. The van der Waals surface area contributed by atoms with Crippen LogP contribution >= 0.6 is 0 Å². The van der Waals surface area contributed by atoms with Crippen LogP contribution < -0.4 is 10.2 Å². The third kappa shape index (κ3) is 3.23. The van der Waals surface area contributed by atoms with Crippen LogP contribution in [0, 0.1) is 0 Å². The molecule has 3 N–H and O–H groups in total. The van der Waals surface area contributed by atoms with Gasteiger partial charge in [-0.05, 0) is 36.4 Å². The van der Waals surface area contributed by atoms with Gasteiger partial charge in [-0.2, -0.15) is 0 Å². The van der Waals surface area contributed by atoms with E-state index in [1.54, 1.807) is 6.07 Å². The van der Waals surface area contributed by atoms with Crippen molar-refractivity contribution in [1.29, 1.82) is 0 Å². The van der Waals surface area contributed by atoms with Gasteiger partial charge in [0.1, 0.15) is 11.6 Å². The number of phenolic OH excluding ortho intramolecular Hbond substituents is 1. The van der Waals surface area contributed by atoms with Crippen LogP contribution in [0.25, 0.3) is 22.0 Å². The van der Waals surface area contributed by atoms with Gasteiger partial charge in [0.2, 0.25) is 0 Å². The van der Waals surface area contributed by atoms with E-state index in [2.05, 4.69) is 22.3 Å². The van der Waals surface area contributed by atoms with E-state index in [-0.39, 0.29) is 12.5 Å². The summed E-state index contributed by atoms with van der Waals surface area (Å²) in [5.74, 6) is 1.20. The molecule has 0 atom stereocenters. The van der Waals surface area contributed by atoms with E-state index in [0.717, 1.165) is 53.8 Å². The second-order valence-electron chi connectivity index (χ2n) is 6.69. The summed E-state index contributed by atoms with van der Waals surface area (Å²) in [7, 11) is 0. The number of aliphatic hydroxyl groups excluding tert-OH is 1. The second kappa shape index (κ2) is 7.32. The number of nitrogens with one attached hydrogen (secondary N) is 1. The van der Waals surface area contributed by atoms with Gasteiger partial charge in [0.05, 0.1) is 12.4 Å². The van der Waals surface area contributed by atoms with Crippen LogP contribution in [0.3, 0.4) is 0 Å². The number of hydrogen-bond acceptors (Lipinski definition) is 5. The number of aromatic hydroxyl groups is 1. The van der Waals surface area contributed by atoms with Gasteiger partial charge in [0.25, 0.3) is 0 Å². The third-order valence-electron chi connectivity index (χ3n) is 5.07. The fourth-order valence-corrected chi connectivity index (χ4v) is 3.67. The van der Waals surface area contributed by atoms with Crippen molar-refractivity contribution in [2.45, 2.75) is 18.9 Å². The minimum atomic E-state index is 0.0224. The topological polar surface area (TPSA) is 68.6 Å². The standard InChI is InChI=1S/C21H23N3O2/c25-14-22-16-9-11-24(12-10-16)21-17-6-2-1-5-15(17)13-19(23-21)18-7-3-4-8-20(18)26/h1-8,13,16,22,25-26H,9-12,14H2. The van der Waals surface area contributed by atoms with E-state index in [1.807, 2.05) is 36.4 Å². The smallest absolute Gasteiger partial charge is 0.137 e. The van der Waals surface area contributed by atoms with Crippen molar-refractivity contribution in [1.82, 2.24) is 10.3 Å². The lowest BCUT2D eigenvalue weighted by Gasteiger charge is -2.33. The lowest BCUT2D eigenvalue weighted by Crippen LogP contribution is -2.43. The van der Waals surface area contributed by atoms with Gasteiger partial charge < -0.3 is 15.1 Å². The molecule has 134 valence electrons. The van der Waals surface area contributed by atoms with Gasteiger partial charge in [-0.1, -0.05) is 36.4 Å². The summed E-state index contributed by atoms with van der Waals surface area (Å²) in [6.07, 6.45) is 1.94. The average molecular weight is 349 g/mol. The second-order valence-corrected chi connectivity index (χ2v) is 6.69. The molecule has 0 aliphatic carbocycles. The Balaban J connectivity index is 1.75. The molecule has 2 aromatic carbocycles. The first kappa shape index (κ1) is 16.8. The van der Waals surface area contributed by atoms with Crippen LogP contribution in [-0.4, -0.2) is 41.1 Å². The number of phenols is 1. The molecule has 3 aromatic rings. The van der Waals surface area contributed by atoms with E-state index in [0.29, 0.717) is 6.04 Å². The molecule has 26 heavy (non-hydrogen) atoms. The fraction of sp³-hybridized carbons (Fsp3) is 0.286. The minimum absolute atomic E-state index is 0.0224. The summed E-state index contributed by atoms with van der Waals surface area (Å²) in [6.45, 7) is 1.80. The first-order valence-electron chi connectivity index (χ1n) is 9.03. The monoisotopic (exact) mass is 349 g/mol. The quantitative estimate of drug-likeness (QED) is 0.632. The first-order valence-corrected chi connectivity index (χ1v) is 9.03. The van der Waals surface area contributed by atoms with Crippen molar-refractivity contribution in [2.75, 3.05) is 24.7 Å². The van der Waals surface area contributed by atoms with Gasteiger partial charge in [0.15, 0.2) is 0 Å². The summed E-state index contributed by atoms with van der Waals surface area (Å²) < 4.78 is 0. The molecule has 1 aromatic heterocycles. The van der Waals surface area contributed by atoms with Crippen LogP contribution in [0.2, 0.25) is 0 Å². The molecular formula is C21H23N3O2. The highest BCUT2D eigenvalue weighted by Gasteiger charge is 2.22. The van der Waals surface area contributed by atoms with Gasteiger partial charge in [-0.25, -0.2) is 4.98 Å². The van der Waals surface area contributed by atoms with Gasteiger partial charge in [-0.3, -0.25) is 5.32 Å². The molecule has 1 aliphatic rings. The average Bonchev–Trinajstić information content (AvgIpc) is 2.68. The van der Waals surface area contributed by atoms with Crippen molar-refractivity contribution < 1.29 is 10.2 Å².